The maximum absolute atomic E-state index is 13.0. The average Bonchev–Trinajstić information content (AvgIpc) is 2.77. The van der Waals surface area contributed by atoms with E-state index in [1.165, 1.54) is 10.6 Å². The van der Waals surface area contributed by atoms with Crippen molar-refractivity contribution < 1.29 is 14.6 Å². The molecule has 0 radical (unpaired) electrons. The van der Waals surface area contributed by atoms with Gasteiger partial charge in [-0.3, -0.25) is 9.36 Å². The van der Waals surface area contributed by atoms with E-state index in [2.05, 4.69) is 4.98 Å². The van der Waals surface area contributed by atoms with Crippen LogP contribution in [0.3, 0.4) is 0 Å². The van der Waals surface area contributed by atoms with Crippen LogP contribution >= 0.6 is 0 Å². The number of aliphatic hydroxyl groups is 1. The van der Waals surface area contributed by atoms with Crippen LogP contribution in [0.1, 0.15) is 59.3 Å². The summed E-state index contributed by atoms with van der Waals surface area (Å²) in [5.41, 5.74) is -0.795. The number of hydrogen-bond acceptors (Lipinski definition) is 5. The predicted molar refractivity (Wildman–Crippen MR) is 127 cm³/mol. The molecule has 1 saturated carbocycles. The highest BCUT2D eigenvalue weighted by Gasteiger charge is 2.55. The van der Waals surface area contributed by atoms with Crippen molar-refractivity contribution in [2.24, 2.45) is 5.41 Å². The third-order valence-electron chi connectivity index (χ3n) is 7.12. The number of piperidine rings is 1. The molecule has 1 atom stereocenters. The number of carbonyl (C=O) groups excluding carboxylic acids is 1. The van der Waals surface area contributed by atoms with Crippen molar-refractivity contribution in [3.05, 3.63) is 53.1 Å². The van der Waals surface area contributed by atoms with Gasteiger partial charge >= 0.3 is 6.09 Å². The fourth-order valence-corrected chi connectivity index (χ4v) is 5.35. The number of rotatable bonds is 3. The zero-order valence-corrected chi connectivity index (χ0v) is 19.9. The van der Waals surface area contributed by atoms with Gasteiger partial charge in [-0.2, -0.15) is 0 Å². The third-order valence-corrected chi connectivity index (χ3v) is 7.12. The van der Waals surface area contributed by atoms with E-state index in [4.69, 9.17) is 4.74 Å². The molecule has 178 valence electrons. The molecule has 1 unspecified atom stereocenters. The first-order valence-electron chi connectivity index (χ1n) is 11.9. The van der Waals surface area contributed by atoms with Crippen LogP contribution in [0.5, 0.6) is 0 Å². The number of ether oxygens (including phenoxy) is 1. The molecule has 2 aliphatic rings. The van der Waals surface area contributed by atoms with Gasteiger partial charge in [0, 0.05) is 30.1 Å². The van der Waals surface area contributed by atoms with E-state index < -0.39 is 16.6 Å². The summed E-state index contributed by atoms with van der Waals surface area (Å²) in [6.07, 6.45) is 6.39. The fourth-order valence-electron chi connectivity index (χ4n) is 5.35. The van der Waals surface area contributed by atoms with Crippen LogP contribution < -0.4 is 5.56 Å². The van der Waals surface area contributed by atoms with Crippen LogP contribution in [-0.4, -0.2) is 49.9 Å². The lowest BCUT2D eigenvalue weighted by Crippen LogP contribution is -2.63. The Kier molecular flexibility index (Phi) is 6.36. The van der Waals surface area contributed by atoms with Gasteiger partial charge in [0.2, 0.25) is 0 Å². The highest BCUT2D eigenvalue weighted by atomic mass is 16.6. The predicted octanol–water partition coefficient (Wildman–Crippen LogP) is 4.23. The van der Waals surface area contributed by atoms with Gasteiger partial charge in [-0.25, -0.2) is 9.78 Å². The Labute approximate surface area is 195 Å². The Morgan fingerprint density at radius 1 is 1.12 bits per heavy atom. The Balaban J connectivity index is 1.59. The van der Waals surface area contributed by atoms with Crippen LogP contribution in [0, 0.1) is 5.41 Å². The largest absolute Gasteiger partial charge is 0.444 e. The van der Waals surface area contributed by atoms with Gasteiger partial charge in [-0.15, -0.1) is 0 Å². The first-order chi connectivity index (χ1) is 15.6. The van der Waals surface area contributed by atoms with E-state index >= 15 is 0 Å². The standard InChI is InChI=1S/C26H35N3O4/c1-24(2,3)33-23(31)28-15-14-26(32,25(17-28)12-8-5-9-13-25)18-29-19-27-21(16-22(29)30)20-10-6-4-7-11-20/h4,6-7,10-11,16,19,32H,5,8-9,12-15,17-18H2,1-3H3. The molecular weight excluding hydrogens is 418 g/mol. The van der Waals surface area contributed by atoms with Crippen molar-refractivity contribution in [1.29, 1.82) is 0 Å². The number of hydrogen-bond donors (Lipinski definition) is 1. The molecule has 1 N–H and O–H groups in total. The van der Waals surface area contributed by atoms with E-state index in [0.717, 1.165) is 37.7 Å². The van der Waals surface area contributed by atoms with Crippen molar-refractivity contribution in [2.45, 2.75) is 77.0 Å². The lowest BCUT2D eigenvalue weighted by atomic mass is 9.60. The molecule has 1 aliphatic carbocycles. The van der Waals surface area contributed by atoms with Gasteiger partial charge in [0.05, 0.1) is 24.2 Å². The monoisotopic (exact) mass is 453 g/mol. The minimum absolute atomic E-state index is 0.177. The molecule has 1 saturated heterocycles. The van der Waals surface area contributed by atoms with Crippen molar-refractivity contribution in [1.82, 2.24) is 14.5 Å². The summed E-state index contributed by atoms with van der Waals surface area (Å²) in [6, 6.07) is 11.1. The third kappa shape index (κ3) is 4.98. The molecule has 33 heavy (non-hydrogen) atoms. The fraction of sp³-hybridized carbons (Fsp3) is 0.577. The average molecular weight is 454 g/mol. The quantitative estimate of drug-likeness (QED) is 0.752. The van der Waals surface area contributed by atoms with Crippen LogP contribution in [-0.2, 0) is 11.3 Å². The Bertz CT molecular complexity index is 1040. The second kappa shape index (κ2) is 8.93. The number of likely N-dealkylation sites (tertiary alicyclic amines) is 1. The van der Waals surface area contributed by atoms with E-state index in [9.17, 15) is 14.7 Å². The van der Waals surface area contributed by atoms with Gasteiger partial charge in [0.1, 0.15) is 5.60 Å². The van der Waals surface area contributed by atoms with Gasteiger partial charge in [-0.1, -0.05) is 49.6 Å². The molecule has 7 heteroatoms. The maximum Gasteiger partial charge on any atom is 0.410 e. The molecule has 1 aromatic carbocycles. The molecule has 2 fully saturated rings. The van der Waals surface area contributed by atoms with Gasteiger partial charge in [-0.05, 0) is 40.0 Å². The van der Waals surface area contributed by atoms with Gasteiger partial charge < -0.3 is 14.7 Å². The Hall–Kier alpha value is -2.67. The minimum Gasteiger partial charge on any atom is -0.444 e. The topological polar surface area (TPSA) is 84.7 Å². The second-order valence-electron chi connectivity index (χ2n) is 10.6. The molecule has 1 aromatic heterocycles. The summed E-state index contributed by atoms with van der Waals surface area (Å²) in [4.78, 5) is 32.0. The van der Waals surface area contributed by atoms with E-state index in [0.29, 0.717) is 25.2 Å². The SMILES string of the molecule is CC(C)(C)OC(=O)N1CCC(O)(Cn2cnc(-c3ccccc3)cc2=O)C2(CCCCC2)C1. The molecule has 1 aliphatic heterocycles. The highest BCUT2D eigenvalue weighted by molar-refractivity contribution is 5.68. The molecule has 0 bridgehead atoms. The zero-order valence-electron chi connectivity index (χ0n) is 19.9. The molecule has 2 aromatic rings. The van der Waals surface area contributed by atoms with Crippen LogP contribution in [0.15, 0.2) is 47.5 Å². The summed E-state index contributed by atoms with van der Waals surface area (Å²) < 4.78 is 7.13. The highest BCUT2D eigenvalue weighted by Crippen LogP contribution is 2.50. The lowest BCUT2D eigenvalue weighted by molar-refractivity contribution is -0.157. The van der Waals surface area contributed by atoms with Crippen LogP contribution in [0.2, 0.25) is 0 Å². The van der Waals surface area contributed by atoms with Crippen LogP contribution in [0.4, 0.5) is 4.79 Å². The summed E-state index contributed by atoms with van der Waals surface area (Å²) in [5, 5.41) is 12.0. The van der Waals surface area contributed by atoms with Crippen molar-refractivity contribution in [3.8, 4) is 11.3 Å². The van der Waals surface area contributed by atoms with Gasteiger partial charge in [0.15, 0.2) is 0 Å². The number of carbonyl (C=O) groups is 1. The maximum atomic E-state index is 13.0. The van der Waals surface area contributed by atoms with Crippen molar-refractivity contribution in [3.63, 3.8) is 0 Å². The lowest BCUT2D eigenvalue weighted by Gasteiger charge is -2.55. The normalized spacial score (nSPS) is 22.8. The number of benzene rings is 1. The molecule has 4 rings (SSSR count). The van der Waals surface area contributed by atoms with Crippen molar-refractivity contribution in [2.75, 3.05) is 13.1 Å². The molecular formula is C26H35N3O4. The molecule has 1 spiro atoms. The van der Waals surface area contributed by atoms with Gasteiger partial charge in [0.25, 0.3) is 5.56 Å². The number of amides is 1. The molecule has 1 amide bonds. The number of nitrogens with zero attached hydrogens (tertiary/aromatic N) is 3. The first-order valence-corrected chi connectivity index (χ1v) is 11.9. The van der Waals surface area contributed by atoms with E-state index in [-0.39, 0.29) is 18.2 Å². The smallest absolute Gasteiger partial charge is 0.410 e. The Morgan fingerprint density at radius 3 is 2.45 bits per heavy atom. The van der Waals surface area contributed by atoms with Crippen LogP contribution in [0.25, 0.3) is 11.3 Å². The van der Waals surface area contributed by atoms with E-state index in [1.54, 1.807) is 11.2 Å². The summed E-state index contributed by atoms with van der Waals surface area (Å²) in [5.74, 6) is 0. The second-order valence-corrected chi connectivity index (χ2v) is 10.6. The summed E-state index contributed by atoms with van der Waals surface area (Å²) in [6.45, 7) is 6.61. The van der Waals surface area contributed by atoms with E-state index in [1.807, 2.05) is 51.1 Å². The first kappa shape index (κ1) is 23.5. The number of aromatic nitrogens is 2. The van der Waals surface area contributed by atoms with Crippen molar-refractivity contribution >= 4 is 6.09 Å². The minimum atomic E-state index is -1.09. The molecule has 7 nitrogen and oxygen atoms in total. The summed E-state index contributed by atoms with van der Waals surface area (Å²) >= 11 is 0. The molecule has 2 heterocycles. The summed E-state index contributed by atoms with van der Waals surface area (Å²) in [7, 11) is 0. The zero-order chi connectivity index (χ0) is 23.7. The Morgan fingerprint density at radius 2 is 1.82 bits per heavy atom.